The van der Waals surface area contributed by atoms with Crippen LogP contribution in [0.25, 0.3) is 10.9 Å². The number of hydrogen-bond donors (Lipinski definition) is 2. The lowest BCUT2D eigenvalue weighted by atomic mass is 10.0. The lowest BCUT2D eigenvalue weighted by Crippen LogP contribution is -2.48. The van der Waals surface area contributed by atoms with Crippen molar-refractivity contribution >= 4 is 16.6 Å². The number of H-pyrrole nitrogens is 1. The fourth-order valence-electron chi connectivity index (χ4n) is 3.63. The maximum absolute atomic E-state index is 13.3. The van der Waals surface area contributed by atoms with Crippen LogP contribution in [0, 0.1) is 0 Å². The van der Waals surface area contributed by atoms with Crippen LogP contribution in [0.3, 0.4) is 0 Å². The van der Waals surface area contributed by atoms with Gasteiger partial charge in [0.1, 0.15) is 0 Å². The van der Waals surface area contributed by atoms with E-state index >= 15 is 0 Å². The van der Waals surface area contributed by atoms with Gasteiger partial charge in [0.05, 0.1) is 11.6 Å². The lowest BCUT2D eigenvalue weighted by Gasteiger charge is -2.34. The second-order valence-electron chi connectivity index (χ2n) is 6.66. The molecule has 10 heteroatoms. The van der Waals surface area contributed by atoms with Gasteiger partial charge in [-0.25, -0.2) is 0 Å². The molecule has 0 spiro atoms. The normalized spacial score (nSPS) is 22.4. The van der Waals surface area contributed by atoms with Gasteiger partial charge in [0, 0.05) is 28.7 Å². The van der Waals surface area contributed by atoms with E-state index < -0.39 is 41.7 Å². The third-order valence-electron chi connectivity index (χ3n) is 4.84. The molecule has 1 aliphatic rings. The van der Waals surface area contributed by atoms with E-state index in [2.05, 4.69) is 4.98 Å². The third kappa shape index (κ3) is 3.62. The number of benzene rings is 1. The second-order valence-corrected chi connectivity index (χ2v) is 6.66. The number of aliphatic hydroxyl groups is 1. The van der Waals surface area contributed by atoms with Crippen LogP contribution in [0.15, 0.2) is 29.1 Å². The van der Waals surface area contributed by atoms with Gasteiger partial charge in [-0.1, -0.05) is 0 Å². The molecule has 4 nitrogen and oxygen atoms in total. The van der Waals surface area contributed by atoms with Gasteiger partial charge in [0.25, 0.3) is 0 Å². The number of halogens is 6. The van der Waals surface area contributed by atoms with Gasteiger partial charge in [-0.3, -0.25) is 4.79 Å². The van der Waals surface area contributed by atoms with Crippen LogP contribution >= 0.6 is 0 Å². The van der Waals surface area contributed by atoms with Crippen molar-refractivity contribution in [1.29, 1.82) is 0 Å². The number of aromatic amines is 1. The van der Waals surface area contributed by atoms with E-state index in [4.69, 9.17) is 0 Å². The van der Waals surface area contributed by atoms with Gasteiger partial charge < -0.3 is 15.0 Å². The third-order valence-corrected chi connectivity index (χ3v) is 4.84. The Bertz CT molecular complexity index is 905. The van der Waals surface area contributed by atoms with Crippen LogP contribution in [0.5, 0.6) is 0 Å². The summed E-state index contributed by atoms with van der Waals surface area (Å²) in [5, 5.41) is 9.35. The lowest BCUT2D eigenvalue weighted by molar-refractivity contribution is -0.209. The molecule has 0 unspecified atom stereocenters. The van der Waals surface area contributed by atoms with Crippen molar-refractivity contribution < 1.29 is 31.4 Å². The minimum Gasteiger partial charge on any atom is -0.382 e. The molecule has 1 saturated heterocycles. The highest BCUT2D eigenvalue weighted by Crippen LogP contribution is 2.39. The molecule has 0 saturated carbocycles. The van der Waals surface area contributed by atoms with Gasteiger partial charge in [-0.05, 0) is 38.0 Å². The predicted octanol–water partition coefficient (Wildman–Crippen LogP) is 3.83. The van der Waals surface area contributed by atoms with E-state index in [9.17, 15) is 36.2 Å². The fourth-order valence-corrected chi connectivity index (χ4v) is 3.63. The van der Waals surface area contributed by atoms with Crippen molar-refractivity contribution in [2.75, 3.05) is 4.90 Å². The molecule has 148 valence electrons. The van der Waals surface area contributed by atoms with Crippen LogP contribution in [0.4, 0.5) is 32.0 Å². The first-order valence-electron chi connectivity index (χ1n) is 8.17. The Morgan fingerprint density at radius 3 is 2.41 bits per heavy atom. The van der Waals surface area contributed by atoms with Crippen LogP contribution in [0.1, 0.15) is 25.3 Å². The number of pyridine rings is 1. The summed E-state index contributed by atoms with van der Waals surface area (Å²) in [4.78, 5) is 15.1. The molecule has 27 heavy (non-hydrogen) atoms. The molecule has 2 N–H and O–H groups in total. The molecule has 1 aromatic carbocycles. The molecule has 0 aliphatic carbocycles. The predicted molar refractivity (Wildman–Crippen MR) is 86.6 cm³/mol. The van der Waals surface area contributed by atoms with Crippen molar-refractivity contribution in [2.45, 2.75) is 50.3 Å². The Balaban J connectivity index is 2.13. The molecule has 0 amide bonds. The van der Waals surface area contributed by atoms with Gasteiger partial charge in [0.2, 0.25) is 5.56 Å². The highest BCUT2D eigenvalue weighted by Gasteiger charge is 2.48. The number of rotatable bonds is 2. The Hall–Kier alpha value is -2.23. The monoisotopic (exact) mass is 394 g/mol. The maximum atomic E-state index is 13.3. The van der Waals surface area contributed by atoms with Crippen molar-refractivity contribution in [3.05, 3.63) is 40.2 Å². The number of hydrogen-bond acceptors (Lipinski definition) is 3. The van der Waals surface area contributed by atoms with Gasteiger partial charge in [-0.2, -0.15) is 26.3 Å². The number of nitrogens with zero attached hydrogens (tertiary/aromatic N) is 1. The largest absolute Gasteiger partial charge is 0.417 e. The smallest absolute Gasteiger partial charge is 0.382 e. The van der Waals surface area contributed by atoms with Gasteiger partial charge in [0.15, 0.2) is 6.10 Å². The summed E-state index contributed by atoms with van der Waals surface area (Å²) in [5.74, 6) is 0. The van der Waals surface area contributed by atoms with Crippen LogP contribution < -0.4 is 10.5 Å². The first-order valence-corrected chi connectivity index (χ1v) is 8.17. The summed E-state index contributed by atoms with van der Waals surface area (Å²) >= 11 is 0. The topological polar surface area (TPSA) is 56.3 Å². The summed E-state index contributed by atoms with van der Waals surface area (Å²) in [6, 6.07) is 2.39. The van der Waals surface area contributed by atoms with E-state index in [0.29, 0.717) is 12.5 Å². The zero-order valence-electron chi connectivity index (χ0n) is 14.0. The van der Waals surface area contributed by atoms with E-state index in [1.165, 1.54) is 17.0 Å². The molecule has 1 aliphatic heterocycles. The summed E-state index contributed by atoms with van der Waals surface area (Å²) in [6.45, 7) is 1.64. The second kappa shape index (κ2) is 6.43. The Labute approximate surface area is 149 Å². The van der Waals surface area contributed by atoms with Crippen molar-refractivity contribution in [3.63, 3.8) is 0 Å². The molecular weight excluding hydrogens is 378 g/mol. The summed E-state index contributed by atoms with van der Waals surface area (Å²) in [7, 11) is 0. The molecule has 1 aromatic heterocycles. The number of aromatic nitrogens is 1. The van der Waals surface area contributed by atoms with Gasteiger partial charge in [-0.15, -0.1) is 0 Å². The standard InChI is InChI=1S/C17H16F6N2O2/c1-8-2-5-13(15(27)17(21,22)23)25(8)9-3-4-12-10(6-9)11(16(18,19)20)7-14(26)24-12/h3-4,6-8,13,15,27H,2,5H2,1H3,(H,24,26)/t8-,13+,15-/m0/s1. The molecule has 1 fully saturated rings. The van der Waals surface area contributed by atoms with E-state index in [1.807, 2.05) is 0 Å². The summed E-state index contributed by atoms with van der Waals surface area (Å²) in [5.41, 5.74) is -2.04. The first kappa shape index (κ1) is 19.5. The summed E-state index contributed by atoms with van der Waals surface area (Å²) < 4.78 is 78.8. The molecule has 0 bridgehead atoms. The minimum atomic E-state index is -4.84. The average Bonchev–Trinajstić information content (AvgIpc) is 2.92. The quantitative estimate of drug-likeness (QED) is 0.762. The Morgan fingerprint density at radius 1 is 1.15 bits per heavy atom. The van der Waals surface area contributed by atoms with Crippen LogP contribution in [-0.4, -0.2) is 34.5 Å². The highest BCUT2D eigenvalue weighted by atomic mass is 19.4. The van der Waals surface area contributed by atoms with Crippen molar-refractivity contribution in [3.8, 4) is 0 Å². The molecule has 3 rings (SSSR count). The number of nitrogens with one attached hydrogen (secondary N) is 1. The summed E-state index contributed by atoms with van der Waals surface area (Å²) in [6.07, 6.45) is -11.8. The molecular formula is C17H16F6N2O2. The minimum absolute atomic E-state index is 0.0532. The fraction of sp³-hybridized carbons (Fsp3) is 0.471. The molecule has 3 atom stereocenters. The van der Waals surface area contributed by atoms with Crippen molar-refractivity contribution in [1.82, 2.24) is 4.98 Å². The number of alkyl halides is 6. The Kier molecular flexibility index (Phi) is 4.65. The molecule has 2 heterocycles. The number of aliphatic hydroxyl groups excluding tert-OH is 1. The van der Waals surface area contributed by atoms with Crippen LogP contribution in [0.2, 0.25) is 0 Å². The van der Waals surface area contributed by atoms with Gasteiger partial charge >= 0.3 is 12.4 Å². The van der Waals surface area contributed by atoms with Crippen LogP contribution in [-0.2, 0) is 6.18 Å². The van der Waals surface area contributed by atoms with E-state index in [-0.39, 0.29) is 23.0 Å². The SMILES string of the molecule is C[C@H]1CC[C@H]([C@H](O)C(F)(F)F)N1c1ccc2[nH]c(=O)cc(C(F)(F)F)c2c1. The average molecular weight is 394 g/mol. The zero-order chi connectivity index (χ0) is 20.1. The maximum Gasteiger partial charge on any atom is 0.417 e. The number of fused-ring (bicyclic) bond motifs is 1. The number of anilines is 1. The highest BCUT2D eigenvalue weighted by molar-refractivity contribution is 5.86. The first-order chi connectivity index (χ1) is 12.4. The molecule has 0 radical (unpaired) electrons. The Morgan fingerprint density at radius 2 is 1.81 bits per heavy atom. The van der Waals surface area contributed by atoms with Crippen molar-refractivity contribution in [2.24, 2.45) is 0 Å². The molecule has 2 aromatic rings. The van der Waals surface area contributed by atoms with E-state index in [1.54, 1.807) is 6.92 Å². The van der Waals surface area contributed by atoms with E-state index in [0.717, 1.165) is 6.07 Å². The zero-order valence-corrected chi connectivity index (χ0v) is 14.0.